The van der Waals surface area contributed by atoms with E-state index in [2.05, 4.69) is 17.2 Å². The lowest BCUT2D eigenvalue weighted by Crippen LogP contribution is -2.32. The topological polar surface area (TPSA) is 62.3 Å². The molecule has 1 aromatic rings. The van der Waals surface area contributed by atoms with Crippen LogP contribution in [0.1, 0.15) is 33.1 Å². The van der Waals surface area contributed by atoms with Gasteiger partial charge < -0.3 is 5.32 Å². The van der Waals surface area contributed by atoms with E-state index in [1.165, 1.54) is 6.20 Å². The van der Waals surface area contributed by atoms with Crippen LogP contribution in [0.5, 0.6) is 0 Å². The monoisotopic (exact) mass is 297 g/mol. The summed E-state index contributed by atoms with van der Waals surface area (Å²) >= 11 is 0. The molecular formula is C14H23N3O2S. The second kappa shape index (κ2) is 6.54. The molecule has 1 fully saturated rings. The van der Waals surface area contributed by atoms with E-state index in [-0.39, 0.29) is 4.90 Å². The molecule has 0 radical (unpaired) electrons. The average Bonchev–Trinajstić information content (AvgIpc) is 2.65. The summed E-state index contributed by atoms with van der Waals surface area (Å²) in [5, 5.41) is 3.06. The quantitative estimate of drug-likeness (QED) is 0.926. The van der Waals surface area contributed by atoms with Crippen molar-refractivity contribution in [1.82, 2.24) is 9.29 Å². The van der Waals surface area contributed by atoms with E-state index < -0.39 is 10.0 Å². The van der Waals surface area contributed by atoms with Gasteiger partial charge >= 0.3 is 0 Å². The largest absolute Gasteiger partial charge is 0.370 e. The van der Waals surface area contributed by atoms with Crippen LogP contribution in [-0.2, 0) is 10.0 Å². The first-order valence-electron chi connectivity index (χ1n) is 7.24. The van der Waals surface area contributed by atoms with E-state index in [1.54, 1.807) is 16.4 Å². The Kier molecular flexibility index (Phi) is 4.99. The molecule has 6 heteroatoms. The number of nitrogens with zero attached hydrogens (tertiary/aromatic N) is 2. The highest BCUT2D eigenvalue weighted by atomic mass is 32.2. The lowest BCUT2D eigenvalue weighted by Gasteiger charge is -2.20. The second-order valence-corrected chi connectivity index (χ2v) is 7.29. The summed E-state index contributed by atoms with van der Waals surface area (Å²) in [6.07, 6.45) is 4.41. The second-order valence-electron chi connectivity index (χ2n) is 5.35. The maximum atomic E-state index is 12.6. The first-order chi connectivity index (χ1) is 9.54. The molecule has 1 aliphatic heterocycles. The van der Waals surface area contributed by atoms with Gasteiger partial charge in [-0.05, 0) is 44.2 Å². The van der Waals surface area contributed by atoms with Crippen LogP contribution in [0.3, 0.4) is 0 Å². The number of hydrogen-bond acceptors (Lipinski definition) is 4. The van der Waals surface area contributed by atoms with Crippen LogP contribution in [0.25, 0.3) is 0 Å². The molecule has 1 N–H and O–H groups in total. The van der Waals surface area contributed by atoms with Crippen LogP contribution in [-0.4, -0.2) is 37.3 Å². The average molecular weight is 297 g/mol. The molecule has 2 heterocycles. The van der Waals surface area contributed by atoms with Gasteiger partial charge in [-0.25, -0.2) is 13.4 Å². The predicted molar refractivity (Wildman–Crippen MR) is 80.2 cm³/mol. The SMILES string of the molecule is CCNc1ccc(S(=O)(=O)N2CCCC(C)CC2)cn1. The van der Waals surface area contributed by atoms with Crippen molar-refractivity contribution in [2.75, 3.05) is 25.0 Å². The number of aromatic nitrogens is 1. The Morgan fingerprint density at radius 3 is 2.80 bits per heavy atom. The van der Waals surface area contributed by atoms with E-state index in [4.69, 9.17) is 0 Å². The van der Waals surface area contributed by atoms with Crippen molar-refractivity contribution in [3.63, 3.8) is 0 Å². The number of nitrogens with one attached hydrogen (secondary N) is 1. The van der Waals surface area contributed by atoms with E-state index in [1.807, 2.05) is 6.92 Å². The highest BCUT2D eigenvalue weighted by Gasteiger charge is 2.26. The van der Waals surface area contributed by atoms with E-state index >= 15 is 0 Å². The third kappa shape index (κ3) is 3.49. The first kappa shape index (κ1) is 15.3. The van der Waals surface area contributed by atoms with E-state index in [9.17, 15) is 8.42 Å². The number of sulfonamides is 1. The van der Waals surface area contributed by atoms with Gasteiger partial charge in [0.2, 0.25) is 10.0 Å². The zero-order chi connectivity index (χ0) is 14.6. The molecular weight excluding hydrogens is 274 g/mol. The van der Waals surface area contributed by atoms with Crippen molar-refractivity contribution in [1.29, 1.82) is 0 Å². The van der Waals surface area contributed by atoms with Crippen molar-refractivity contribution in [3.8, 4) is 0 Å². The normalized spacial score (nSPS) is 21.4. The molecule has 1 aliphatic rings. The number of anilines is 1. The Bertz CT molecular complexity index is 528. The fourth-order valence-electron chi connectivity index (χ4n) is 2.44. The highest BCUT2D eigenvalue weighted by Crippen LogP contribution is 2.23. The molecule has 1 aromatic heterocycles. The van der Waals surface area contributed by atoms with Crippen molar-refractivity contribution < 1.29 is 8.42 Å². The standard InChI is InChI=1S/C14H23N3O2S/c1-3-15-14-7-6-13(11-16-14)20(18,19)17-9-4-5-12(2)8-10-17/h6-7,11-12H,3-5,8-10H2,1-2H3,(H,15,16). The molecule has 1 atom stereocenters. The van der Waals surface area contributed by atoms with Gasteiger partial charge in [-0.2, -0.15) is 4.31 Å². The number of rotatable bonds is 4. The molecule has 0 amide bonds. The molecule has 20 heavy (non-hydrogen) atoms. The predicted octanol–water partition coefficient (Wildman–Crippen LogP) is 2.32. The molecule has 1 saturated heterocycles. The van der Waals surface area contributed by atoms with Crippen LogP contribution >= 0.6 is 0 Å². The van der Waals surface area contributed by atoms with Gasteiger partial charge in [-0.15, -0.1) is 0 Å². The lowest BCUT2D eigenvalue weighted by atomic mass is 10.0. The van der Waals surface area contributed by atoms with Crippen molar-refractivity contribution >= 4 is 15.8 Å². The van der Waals surface area contributed by atoms with Gasteiger partial charge in [0, 0.05) is 25.8 Å². The molecule has 1 unspecified atom stereocenters. The Labute approximate surface area is 121 Å². The van der Waals surface area contributed by atoms with Crippen LogP contribution in [0.2, 0.25) is 0 Å². The summed E-state index contributed by atoms with van der Waals surface area (Å²) in [5.41, 5.74) is 0. The molecule has 0 aliphatic carbocycles. The highest BCUT2D eigenvalue weighted by molar-refractivity contribution is 7.89. The summed E-state index contributed by atoms with van der Waals surface area (Å²) in [6.45, 7) is 6.15. The van der Waals surface area contributed by atoms with Crippen LogP contribution in [0.4, 0.5) is 5.82 Å². The summed E-state index contributed by atoms with van der Waals surface area (Å²) in [4.78, 5) is 4.44. The zero-order valence-electron chi connectivity index (χ0n) is 12.2. The fourth-order valence-corrected chi connectivity index (χ4v) is 3.88. The van der Waals surface area contributed by atoms with Gasteiger partial charge in [0.15, 0.2) is 0 Å². The minimum Gasteiger partial charge on any atom is -0.370 e. The Morgan fingerprint density at radius 1 is 1.35 bits per heavy atom. The minimum atomic E-state index is -3.40. The van der Waals surface area contributed by atoms with Crippen LogP contribution in [0, 0.1) is 5.92 Å². The first-order valence-corrected chi connectivity index (χ1v) is 8.68. The minimum absolute atomic E-state index is 0.286. The van der Waals surface area contributed by atoms with Crippen molar-refractivity contribution in [2.45, 2.75) is 38.0 Å². The van der Waals surface area contributed by atoms with Crippen LogP contribution < -0.4 is 5.32 Å². The summed E-state index contributed by atoms with van der Waals surface area (Å²) in [7, 11) is -3.40. The van der Waals surface area contributed by atoms with Gasteiger partial charge in [0.25, 0.3) is 0 Å². The van der Waals surface area contributed by atoms with Gasteiger partial charge in [-0.3, -0.25) is 0 Å². The Morgan fingerprint density at radius 2 is 2.15 bits per heavy atom. The molecule has 112 valence electrons. The summed E-state index contributed by atoms with van der Waals surface area (Å²) in [6, 6.07) is 3.35. The maximum absolute atomic E-state index is 12.6. The van der Waals surface area contributed by atoms with Gasteiger partial charge in [0.05, 0.1) is 0 Å². The number of hydrogen-bond donors (Lipinski definition) is 1. The van der Waals surface area contributed by atoms with E-state index in [0.29, 0.717) is 24.8 Å². The van der Waals surface area contributed by atoms with Crippen molar-refractivity contribution in [3.05, 3.63) is 18.3 Å². The molecule has 0 saturated carbocycles. The lowest BCUT2D eigenvalue weighted by molar-refractivity contribution is 0.416. The third-order valence-corrected chi connectivity index (χ3v) is 5.59. The maximum Gasteiger partial charge on any atom is 0.244 e. The third-order valence-electron chi connectivity index (χ3n) is 3.71. The van der Waals surface area contributed by atoms with Gasteiger partial charge in [-0.1, -0.05) is 6.92 Å². The molecule has 5 nitrogen and oxygen atoms in total. The number of pyridine rings is 1. The molecule has 0 bridgehead atoms. The Hall–Kier alpha value is -1.14. The fraction of sp³-hybridized carbons (Fsp3) is 0.643. The summed E-state index contributed by atoms with van der Waals surface area (Å²) in [5.74, 6) is 1.31. The molecule has 2 rings (SSSR count). The van der Waals surface area contributed by atoms with Gasteiger partial charge in [0.1, 0.15) is 10.7 Å². The van der Waals surface area contributed by atoms with Crippen molar-refractivity contribution in [2.24, 2.45) is 5.92 Å². The zero-order valence-corrected chi connectivity index (χ0v) is 13.0. The molecule has 0 aromatic carbocycles. The molecule has 0 spiro atoms. The van der Waals surface area contributed by atoms with Crippen LogP contribution in [0.15, 0.2) is 23.2 Å². The Balaban J connectivity index is 2.16. The van der Waals surface area contributed by atoms with E-state index in [0.717, 1.165) is 25.8 Å². The summed E-state index contributed by atoms with van der Waals surface area (Å²) < 4.78 is 26.8. The smallest absolute Gasteiger partial charge is 0.244 e.